The van der Waals surface area contributed by atoms with E-state index in [0.717, 1.165) is 21.8 Å². The van der Waals surface area contributed by atoms with Crippen molar-refractivity contribution in [1.82, 2.24) is 4.57 Å². The first kappa shape index (κ1) is 19.2. The van der Waals surface area contributed by atoms with Crippen LogP contribution < -0.4 is 19.2 Å². The van der Waals surface area contributed by atoms with E-state index in [9.17, 15) is 14.0 Å². The number of benzene rings is 2. The van der Waals surface area contributed by atoms with Gasteiger partial charge in [0.1, 0.15) is 11.6 Å². The van der Waals surface area contributed by atoms with Crippen molar-refractivity contribution in [1.29, 1.82) is 0 Å². The topological polar surface area (TPSA) is 60.8 Å². The van der Waals surface area contributed by atoms with Gasteiger partial charge in [0.25, 0.3) is 0 Å². The summed E-state index contributed by atoms with van der Waals surface area (Å²) in [4.78, 5) is 27.6. The zero-order chi connectivity index (χ0) is 20.7. The first-order chi connectivity index (χ1) is 13.9. The van der Waals surface area contributed by atoms with Crippen molar-refractivity contribution in [3.05, 3.63) is 68.4 Å². The van der Waals surface area contributed by atoms with Crippen LogP contribution in [0.1, 0.15) is 22.8 Å². The quantitative estimate of drug-likeness (QED) is 0.652. The van der Waals surface area contributed by atoms with E-state index in [1.54, 1.807) is 39.5 Å². The molecule has 0 fully saturated rings. The standard InChI is InChI=1S/C21H19FN2O4S/c1-23-20-19(29-21(23)26)15(12-7-8-16(27-2)17(9-12)28-3)11-18(25)24(20)14-6-4-5-13(22)10-14/h4-10,15H,11H2,1-3H3/t15-/m1/s1. The third-order valence-corrected chi connectivity index (χ3v) is 6.18. The molecule has 150 valence electrons. The molecule has 29 heavy (non-hydrogen) atoms. The molecule has 1 atom stereocenters. The molecule has 0 saturated carbocycles. The maximum Gasteiger partial charge on any atom is 0.308 e. The summed E-state index contributed by atoms with van der Waals surface area (Å²) in [5.74, 6) is 0.647. The minimum atomic E-state index is -0.445. The number of rotatable bonds is 4. The summed E-state index contributed by atoms with van der Waals surface area (Å²) >= 11 is 1.10. The van der Waals surface area contributed by atoms with E-state index in [0.29, 0.717) is 23.0 Å². The maximum absolute atomic E-state index is 13.8. The molecular weight excluding hydrogens is 395 g/mol. The minimum absolute atomic E-state index is 0.152. The van der Waals surface area contributed by atoms with E-state index in [4.69, 9.17) is 9.47 Å². The number of aromatic nitrogens is 1. The van der Waals surface area contributed by atoms with Gasteiger partial charge in [0.2, 0.25) is 5.91 Å². The number of fused-ring (bicyclic) bond motifs is 1. The maximum atomic E-state index is 13.8. The Morgan fingerprint density at radius 1 is 1.07 bits per heavy atom. The molecule has 0 spiro atoms. The van der Waals surface area contributed by atoms with Gasteiger partial charge < -0.3 is 9.47 Å². The van der Waals surface area contributed by atoms with Gasteiger partial charge in [-0.1, -0.05) is 23.5 Å². The molecule has 0 N–H and O–H groups in total. The number of carbonyl (C=O) groups excluding carboxylic acids is 1. The summed E-state index contributed by atoms with van der Waals surface area (Å²) in [6.45, 7) is 0. The molecule has 1 aromatic heterocycles. The predicted molar refractivity (Wildman–Crippen MR) is 109 cm³/mol. The second-order valence-corrected chi connectivity index (χ2v) is 7.69. The van der Waals surface area contributed by atoms with Crippen LogP contribution in [-0.2, 0) is 11.8 Å². The Balaban J connectivity index is 1.87. The molecule has 0 saturated heterocycles. The van der Waals surface area contributed by atoms with Gasteiger partial charge in [0.05, 0.1) is 24.8 Å². The van der Waals surface area contributed by atoms with E-state index in [1.807, 2.05) is 12.1 Å². The summed E-state index contributed by atoms with van der Waals surface area (Å²) in [5.41, 5.74) is 1.24. The largest absolute Gasteiger partial charge is 0.493 e. The number of anilines is 2. The van der Waals surface area contributed by atoms with Crippen molar-refractivity contribution in [2.75, 3.05) is 19.1 Å². The Hall–Kier alpha value is -3.13. The number of carbonyl (C=O) groups is 1. The Bertz CT molecular complexity index is 1150. The Morgan fingerprint density at radius 2 is 1.83 bits per heavy atom. The van der Waals surface area contributed by atoms with Crippen molar-refractivity contribution in [2.45, 2.75) is 12.3 Å². The molecule has 1 amide bonds. The lowest BCUT2D eigenvalue weighted by atomic mass is 9.90. The van der Waals surface area contributed by atoms with E-state index < -0.39 is 5.82 Å². The highest BCUT2D eigenvalue weighted by atomic mass is 32.1. The van der Waals surface area contributed by atoms with Crippen LogP contribution in [0.2, 0.25) is 0 Å². The van der Waals surface area contributed by atoms with E-state index in [2.05, 4.69) is 0 Å². The fraction of sp³-hybridized carbons (Fsp3) is 0.238. The van der Waals surface area contributed by atoms with Gasteiger partial charge in [0.15, 0.2) is 11.5 Å². The molecule has 1 aliphatic heterocycles. The van der Waals surface area contributed by atoms with E-state index in [1.165, 1.54) is 21.6 Å². The third-order valence-electron chi connectivity index (χ3n) is 5.04. The molecule has 1 aliphatic rings. The van der Waals surface area contributed by atoms with Gasteiger partial charge in [-0.25, -0.2) is 4.39 Å². The van der Waals surface area contributed by atoms with Crippen molar-refractivity contribution in [2.24, 2.45) is 7.05 Å². The monoisotopic (exact) mass is 414 g/mol. The van der Waals surface area contributed by atoms with Gasteiger partial charge in [-0.3, -0.25) is 19.1 Å². The number of ether oxygens (including phenoxy) is 2. The lowest BCUT2D eigenvalue weighted by Gasteiger charge is -2.32. The number of hydrogen-bond donors (Lipinski definition) is 0. The van der Waals surface area contributed by atoms with Gasteiger partial charge in [-0.15, -0.1) is 0 Å². The predicted octanol–water partition coefficient (Wildman–Crippen LogP) is 3.80. The number of thiazole rings is 1. The van der Waals surface area contributed by atoms with Crippen LogP contribution in [0.15, 0.2) is 47.3 Å². The molecule has 3 aromatic rings. The van der Waals surface area contributed by atoms with Gasteiger partial charge >= 0.3 is 4.87 Å². The van der Waals surface area contributed by atoms with E-state index >= 15 is 0 Å². The fourth-order valence-electron chi connectivity index (χ4n) is 3.64. The number of methoxy groups -OCH3 is 2. The van der Waals surface area contributed by atoms with Crippen molar-refractivity contribution in [3.8, 4) is 11.5 Å². The van der Waals surface area contributed by atoms with Crippen LogP contribution in [0.3, 0.4) is 0 Å². The smallest absolute Gasteiger partial charge is 0.308 e. The molecule has 2 heterocycles. The van der Waals surface area contributed by atoms with Gasteiger partial charge in [-0.05, 0) is 35.9 Å². The first-order valence-corrected chi connectivity index (χ1v) is 9.76. The van der Waals surface area contributed by atoms with Crippen molar-refractivity contribution < 1.29 is 18.7 Å². The average Bonchev–Trinajstić information content (AvgIpc) is 3.01. The highest BCUT2D eigenvalue weighted by molar-refractivity contribution is 7.10. The molecule has 2 aromatic carbocycles. The van der Waals surface area contributed by atoms with Crippen LogP contribution in [0.5, 0.6) is 11.5 Å². The normalized spacial score (nSPS) is 15.9. The van der Waals surface area contributed by atoms with Gasteiger partial charge in [0, 0.05) is 19.4 Å². The highest BCUT2D eigenvalue weighted by Crippen LogP contribution is 2.45. The van der Waals surface area contributed by atoms with Crippen LogP contribution in [-0.4, -0.2) is 24.7 Å². The molecule has 0 aliphatic carbocycles. The van der Waals surface area contributed by atoms with Crippen LogP contribution >= 0.6 is 11.3 Å². The number of halogens is 1. The summed E-state index contributed by atoms with van der Waals surface area (Å²) in [5, 5.41) is 0. The fourth-order valence-corrected chi connectivity index (χ4v) is 4.74. The van der Waals surface area contributed by atoms with Crippen LogP contribution in [0, 0.1) is 5.82 Å². The second kappa shape index (κ2) is 7.36. The molecule has 0 radical (unpaired) electrons. The summed E-state index contributed by atoms with van der Waals surface area (Å²) in [6.07, 6.45) is 0.152. The molecule has 8 heteroatoms. The number of hydrogen-bond acceptors (Lipinski definition) is 5. The lowest BCUT2D eigenvalue weighted by Crippen LogP contribution is -2.34. The van der Waals surface area contributed by atoms with Crippen molar-refractivity contribution in [3.63, 3.8) is 0 Å². The summed E-state index contributed by atoms with van der Waals surface area (Å²) in [6, 6.07) is 11.3. The van der Waals surface area contributed by atoms with Gasteiger partial charge in [-0.2, -0.15) is 0 Å². The Morgan fingerprint density at radius 3 is 2.52 bits per heavy atom. The number of nitrogens with zero attached hydrogens (tertiary/aromatic N) is 2. The Labute approximate surface area is 170 Å². The molecular formula is C21H19FN2O4S. The molecule has 0 unspecified atom stereocenters. The van der Waals surface area contributed by atoms with Crippen LogP contribution in [0.4, 0.5) is 15.9 Å². The summed E-state index contributed by atoms with van der Waals surface area (Å²) < 4.78 is 25.9. The van der Waals surface area contributed by atoms with Crippen molar-refractivity contribution >= 4 is 28.7 Å². The first-order valence-electron chi connectivity index (χ1n) is 8.94. The van der Waals surface area contributed by atoms with Crippen LogP contribution in [0.25, 0.3) is 0 Å². The lowest BCUT2D eigenvalue weighted by molar-refractivity contribution is -0.118. The number of amides is 1. The minimum Gasteiger partial charge on any atom is -0.493 e. The summed E-state index contributed by atoms with van der Waals surface area (Å²) in [7, 11) is 4.72. The highest BCUT2D eigenvalue weighted by Gasteiger charge is 2.37. The molecule has 6 nitrogen and oxygen atoms in total. The SMILES string of the molecule is COc1ccc([C@H]2CC(=O)N(c3cccc(F)c3)c3c2sc(=O)n3C)cc1OC. The Kier molecular flexibility index (Phi) is 4.87. The average molecular weight is 414 g/mol. The second-order valence-electron chi connectivity index (χ2n) is 6.69. The zero-order valence-electron chi connectivity index (χ0n) is 16.1. The zero-order valence-corrected chi connectivity index (χ0v) is 17.0. The third kappa shape index (κ3) is 3.19. The molecule has 4 rings (SSSR count). The molecule has 0 bridgehead atoms. The van der Waals surface area contributed by atoms with E-state index in [-0.39, 0.29) is 23.1 Å².